The fourth-order valence-electron chi connectivity index (χ4n) is 3.11. The lowest BCUT2D eigenvalue weighted by atomic mass is 10.1. The standard InChI is InChI=1S/C23H19FN2O5S/c24-17-5-7-19(8-6-17)30-13-20-25-18(14-32-20)12-31-23(29)16-3-1-15(2-4-16)11-26-21(27)9-10-22(26)28/h1-8,14H,9-13H2. The first-order chi connectivity index (χ1) is 15.5. The average molecular weight is 454 g/mol. The van der Waals surface area contributed by atoms with E-state index in [1.807, 2.05) is 0 Å². The van der Waals surface area contributed by atoms with E-state index in [2.05, 4.69) is 4.98 Å². The minimum atomic E-state index is -0.498. The maximum atomic E-state index is 12.9. The summed E-state index contributed by atoms with van der Waals surface area (Å²) in [6, 6.07) is 12.3. The molecule has 1 aliphatic heterocycles. The van der Waals surface area contributed by atoms with Crippen LogP contribution in [-0.2, 0) is 34.1 Å². The molecule has 3 aromatic rings. The van der Waals surface area contributed by atoms with Gasteiger partial charge in [0.25, 0.3) is 0 Å². The molecule has 2 amide bonds. The van der Waals surface area contributed by atoms with Crippen molar-refractivity contribution in [2.45, 2.75) is 32.6 Å². The molecule has 1 saturated heterocycles. The highest BCUT2D eigenvalue weighted by Crippen LogP contribution is 2.18. The van der Waals surface area contributed by atoms with E-state index in [4.69, 9.17) is 9.47 Å². The second-order valence-corrected chi connectivity index (χ2v) is 8.06. The first-order valence-electron chi connectivity index (χ1n) is 9.89. The number of carbonyl (C=O) groups is 3. The lowest BCUT2D eigenvalue weighted by molar-refractivity contribution is -0.139. The van der Waals surface area contributed by atoms with E-state index in [0.717, 1.165) is 5.56 Å². The Balaban J connectivity index is 1.26. The highest BCUT2D eigenvalue weighted by molar-refractivity contribution is 7.09. The maximum absolute atomic E-state index is 12.9. The van der Waals surface area contributed by atoms with E-state index in [-0.39, 0.29) is 50.2 Å². The Hall–Kier alpha value is -3.59. The van der Waals surface area contributed by atoms with Gasteiger partial charge in [-0.2, -0.15) is 0 Å². The van der Waals surface area contributed by atoms with Crippen LogP contribution < -0.4 is 4.74 Å². The summed E-state index contributed by atoms with van der Waals surface area (Å²) >= 11 is 1.38. The molecule has 0 saturated carbocycles. The van der Waals surface area contributed by atoms with Crippen LogP contribution in [0.4, 0.5) is 4.39 Å². The predicted molar refractivity (Wildman–Crippen MR) is 113 cm³/mol. The van der Waals surface area contributed by atoms with E-state index >= 15 is 0 Å². The molecular formula is C23H19FN2O5S. The third kappa shape index (κ3) is 5.36. The van der Waals surface area contributed by atoms with Crippen molar-refractivity contribution in [3.63, 3.8) is 0 Å². The number of amides is 2. The number of esters is 1. The number of carbonyl (C=O) groups excluding carboxylic acids is 3. The van der Waals surface area contributed by atoms with Gasteiger partial charge in [-0.05, 0) is 42.0 Å². The van der Waals surface area contributed by atoms with Gasteiger partial charge in [-0.25, -0.2) is 14.2 Å². The topological polar surface area (TPSA) is 85.8 Å². The van der Waals surface area contributed by atoms with Crippen molar-refractivity contribution in [2.24, 2.45) is 0 Å². The normalized spacial score (nSPS) is 13.5. The number of aromatic nitrogens is 1. The number of hydrogen-bond donors (Lipinski definition) is 0. The Bertz CT molecular complexity index is 1110. The van der Waals surface area contributed by atoms with Crippen LogP contribution in [0.1, 0.15) is 39.5 Å². The average Bonchev–Trinajstić information content (AvgIpc) is 3.39. The molecule has 9 heteroatoms. The molecule has 7 nitrogen and oxygen atoms in total. The van der Waals surface area contributed by atoms with Gasteiger partial charge in [0.05, 0.1) is 17.8 Å². The highest BCUT2D eigenvalue weighted by Gasteiger charge is 2.28. The third-order valence-electron chi connectivity index (χ3n) is 4.81. The first kappa shape index (κ1) is 21.6. The third-order valence-corrected chi connectivity index (χ3v) is 5.68. The van der Waals surface area contributed by atoms with Crippen molar-refractivity contribution in [2.75, 3.05) is 0 Å². The zero-order valence-electron chi connectivity index (χ0n) is 17.0. The second kappa shape index (κ2) is 9.69. The fraction of sp³-hybridized carbons (Fsp3) is 0.217. The van der Waals surface area contributed by atoms with Crippen molar-refractivity contribution in [3.05, 3.63) is 81.6 Å². The number of hydrogen-bond acceptors (Lipinski definition) is 7. The second-order valence-electron chi connectivity index (χ2n) is 7.12. The summed E-state index contributed by atoms with van der Waals surface area (Å²) in [5.74, 6) is -0.644. The molecule has 164 valence electrons. The van der Waals surface area contributed by atoms with Gasteiger partial charge in [0.15, 0.2) is 0 Å². The van der Waals surface area contributed by atoms with Crippen LogP contribution in [0.5, 0.6) is 5.75 Å². The van der Waals surface area contributed by atoms with Crippen LogP contribution in [0.15, 0.2) is 53.9 Å². The van der Waals surface area contributed by atoms with Gasteiger partial charge in [-0.3, -0.25) is 14.5 Å². The molecular weight excluding hydrogens is 435 g/mol. The zero-order chi connectivity index (χ0) is 22.5. The number of halogens is 1. The van der Waals surface area contributed by atoms with Crippen LogP contribution in [0, 0.1) is 5.82 Å². The maximum Gasteiger partial charge on any atom is 0.338 e. The number of ether oxygens (including phenoxy) is 2. The first-order valence-corrected chi connectivity index (χ1v) is 10.8. The summed E-state index contributed by atoms with van der Waals surface area (Å²) in [6.07, 6.45) is 0.500. The molecule has 0 atom stereocenters. The van der Waals surface area contributed by atoms with Gasteiger partial charge in [-0.15, -0.1) is 11.3 Å². The summed E-state index contributed by atoms with van der Waals surface area (Å²) in [4.78, 5) is 41.3. The van der Waals surface area contributed by atoms with Crippen molar-refractivity contribution in [3.8, 4) is 5.75 Å². The highest BCUT2D eigenvalue weighted by atomic mass is 32.1. The summed E-state index contributed by atoms with van der Waals surface area (Å²) < 4.78 is 23.8. The van der Waals surface area contributed by atoms with Crippen LogP contribution in [0.2, 0.25) is 0 Å². The smallest absolute Gasteiger partial charge is 0.338 e. The summed E-state index contributed by atoms with van der Waals surface area (Å²) in [5, 5.41) is 2.49. The Morgan fingerprint density at radius 1 is 1.00 bits per heavy atom. The quantitative estimate of drug-likeness (QED) is 0.380. The Labute approximate surface area is 187 Å². The zero-order valence-corrected chi connectivity index (χ0v) is 17.8. The van der Waals surface area contributed by atoms with Crippen LogP contribution in [-0.4, -0.2) is 27.7 Å². The molecule has 0 bridgehead atoms. The minimum Gasteiger partial charge on any atom is -0.486 e. The lowest BCUT2D eigenvalue weighted by Crippen LogP contribution is -2.28. The summed E-state index contributed by atoms with van der Waals surface area (Å²) in [5.41, 5.74) is 1.72. The van der Waals surface area contributed by atoms with E-state index in [0.29, 0.717) is 22.0 Å². The Morgan fingerprint density at radius 2 is 1.69 bits per heavy atom. The van der Waals surface area contributed by atoms with Gasteiger partial charge < -0.3 is 9.47 Å². The van der Waals surface area contributed by atoms with E-state index in [1.165, 1.54) is 40.5 Å². The van der Waals surface area contributed by atoms with Gasteiger partial charge in [0.2, 0.25) is 11.8 Å². The number of imide groups is 1. The van der Waals surface area contributed by atoms with Crippen molar-refractivity contribution >= 4 is 29.1 Å². The molecule has 32 heavy (non-hydrogen) atoms. The van der Waals surface area contributed by atoms with Gasteiger partial charge in [0, 0.05) is 18.2 Å². The monoisotopic (exact) mass is 454 g/mol. The molecule has 1 aromatic heterocycles. The molecule has 0 N–H and O–H groups in total. The van der Waals surface area contributed by atoms with Crippen molar-refractivity contribution in [1.29, 1.82) is 0 Å². The van der Waals surface area contributed by atoms with Crippen molar-refractivity contribution < 1.29 is 28.2 Å². The van der Waals surface area contributed by atoms with Crippen LogP contribution >= 0.6 is 11.3 Å². The molecule has 1 aliphatic rings. The molecule has 1 fully saturated rings. The molecule has 0 aliphatic carbocycles. The van der Waals surface area contributed by atoms with Gasteiger partial charge in [-0.1, -0.05) is 12.1 Å². The SMILES string of the molecule is O=C(OCc1csc(COc2ccc(F)cc2)n1)c1ccc(CN2C(=O)CCC2=O)cc1. The lowest BCUT2D eigenvalue weighted by Gasteiger charge is -2.13. The molecule has 0 spiro atoms. The number of benzene rings is 2. The molecule has 2 heterocycles. The van der Waals surface area contributed by atoms with Crippen molar-refractivity contribution in [1.82, 2.24) is 9.88 Å². The van der Waals surface area contributed by atoms with Crippen LogP contribution in [0.25, 0.3) is 0 Å². The van der Waals surface area contributed by atoms with E-state index in [9.17, 15) is 18.8 Å². The fourth-order valence-corrected chi connectivity index (χ4v) is 3.80. The molecule has 4 rings (SSSR count). The van der Waals surface area contributed by atoms with Gasteiger partial charge >= 0.3 is 5.97 Å². The van der Waals surface area contributed by atoms with Crippen LogP contribution in [0.3, 0.4) is 0 Å². The predicted octanol–water partition coefficient (Wildman–Crippen LogP) is 3.87. The number of likely N-dealkylation sites (tertiary alicyclic amines) is 1. The largest absolute Gasteiger partial charge is 0.486 e. The van der Waals surface area contributed by atoms with E-state index in [1.54, 1.807) is 29.6 Å². The minimum absolute atomic E-state index is 0.0183. The number of thiazole rings is 1. The number of nitrogens with zero attached hydrogens (tertiary/aromatic N) is 2. The summed E-state index contributed by atoms with van der Waals surface area (Å²) in [6.45, 7) is 0.451. The molecule has 2 aromatic carbocycles. The van der Waals surface area contributed by atoms with Gasteiger partial charge in [0.1, 0.15) is 29.8 Å². The summed E-state index contributed by atoms with van der Waals surface area (Å²) in [7, 11) is 0. The Morgan fingerprint density at radius 3 is 2.38 bits per heavy atom. The molecule has 0 radical (unpaired) electrons. The number of rotatable bonds is 8. The molecule has 0 unspecified atom stereocenters. The van der Waals surface area contributed by atoms with E-state index < -0.39 is 5.97 Å². The Kier molecular flexibility index (Phi) is 6.55.